The van der Waals surface area contributed by atoms with Crippen LogP contribution in [0.2, 0.25) is 0 Å². The molecule has 0 amide bonds. The van der Waals surface area contributed by atoms with Crippen molar-refractivity contribution in [3.05, 3.63) is 35.8 Å². The summed E-state index contributed by atoms with van der Waals surface area (Å²) in [6, 6.07) is 3.73. The number of nitrogens with zero attached hydrogens (tertiary/aromatic N) is 3. The molecule has 2 aromatic rings. The summed E-state index contributed by atoms with van der Waals surface area (Å²) in [5.74, 6) is 1.79. The van der Waals surface area contributed by atoms with Gasteiger partial charge in [-0.15, -0.1) is 0 Å². The summed E-state index contributed by atoms with van der Waals surface area (Å²) in [6.07, 6.45) is 8.95. The Morgan fingerprint density at radius 1 is 1.36 bits per heavy atom. The molecule has 0 spiro atoms. The van der Waals surface area contributed by atoms with Crippen molar-refractivity contribution in [1.29, 1.82) is 0 Å². The number of aldehydes is 1. The van der Waals surface area contributed by atoms with E-state index in [1.165, 1.54) is 25.6 Å². The fraction of sp³-hybridized carbons (Fsp3) is 0.526. The van der Waals surface area contributed by atoms with Crippen molar-refractivity contribution in [3.8, 4) is 11.6 Å². The summed E-state index contributed by atoms with van der Waals surface area (Å²) in [4.78, 5) is 15.5. The monoisotopic (exact) mass is 343 g/mol. The van der Waals surface area contributed by atoms with Gasteiger partial charge in [0, 0.05) is 36.3 Å². The zero-order chi connectivity index (χ0) is 17.6. The van der Waals surface area contributed by atoms with Gasteiger partial charge in [0.1, 0.15) is 5.75 Å². The first-order valence-corrected chi connectivity index (χ1v) is 8.90. The summed E-state index contributed by atoms with van der Waals surface area (Å²) in [7, 11) is 1.53. The molecule has 25 heavy (non-hydrogen) atoms. The molecule has 0 aliphatic heterocycles. The van der Waals surface area contributed by atoms with Crippen molar-refractivity contribution >= 4 is 6.29 Å². The lowest BCUT2D eigenvalue weighted by Crippen LogP contribution is -2.26. The van der Waals surface area contributed by atoms with Crippen LogP contribution in [0.5, 0.6) is 11.6 Å². The number of aryl methyl sites for hydroxylation is 1. The van der Waals surface area contributed by atoms with Gasteiger partial charge in [-0.1, -0.05) is 12.8 Å². The second-order valence-electron chi connectivity index (χ2n) is 6.42. The molecular weight excluding hydrogens is 318 g/mol. The molecule has 2 atom stereocenters. The number of ether oxygens (including phenoxy) is 2. The smallest absolute Gasteiger partial charge is 0.213 e. The van der Waals surface area contributed by atoms with E-state index in [1.54, 1.807) is 12.3 Å². The highest BCUT2D eigenvalue weighted by atomic mass is 16.5. The molecule has 6 nitrogen and oxygen atoms in total. The quantitative estimate of drug-likeness (QED) is 0.720. The van der Waals surface area contributed by atoms with Crippen LogP contribution in [0.1, 0.15) is 54.6 Å². The van der Waals surface area contributed by atoms with Gasteiger partial charge >= 0.3 is 0 Å². The molecule has 1 aliphatic rings. The lowest BCUT2D eigenvalue weighted by Gasteiger charge is -2.31. The van der Waals surface area contributed by atoms with Gasteiger partial charge in [-0.25, -0.2) is 4.98 Å². The molecule has 1 aliphatic carbocycles. The molecule has 134 valence electrons. The Balaban J connectivity index is 1.73. The number of methoxy groups -OCH3 is 1. The van der Waals surface area contributed by atoms with Gasteiger partial charge < -0.3 is 9.47 Å². The molecule has 2 heterocycles. The van der Waals surface area contributed by atoms with Crippen molar-refractivity contribution in [1.82, 2.24) is 14.8 Å². The number of hydrogen-bond acceptors (Lipinski definition) is 5. The molecule has 3 rings (SSSR count). The van der Waals surface area contributed by atoms with Gasteiger partial charge in [-0.3, -0.25) is 9.48 Å². The molecule has 1 saturated carbocycles. The zero-order valence-corrected chi connectivity index (χ0v) is 14.9. The van der Waals surface area contributed by atoms with Crippen LogP contribution in [0, 0.1) is 5.92 Å². The van der Waals surface area contributed by atoms with E-state index in [9.17, 15) is 4.79 Å². The van der Waals surface area contributed by atoms with E-state index in [1.807, 2.05) is 6.20 Å². The second kappa shape index (κ2) is 8.14. The highest BCUT2D eigenvalue weighted by Crippen LogP contribution is 2.38. The molecular formula is C19H25N3O3. The number of aromatic nitrogens is 3. The van der Waals surface area contributed by atoms with E-state index < -0.39 is 0 Å². The average molecular weight is 343 g/mol. The Morgan fingerprint density at radius 2 is 2.20 bits per heavy atom. The van der Waals surface area contributed by atoms with E-state index in [0.29, 0.717) is 35.6 Å². The van der Waals surface area contributed by atoms with Gasteiger partial charge in [-0.05, 0) is 25.8 Å². The van der Waals surface area contributed by atoms with Gasteiger partial charge in [0.25, 0.3) is 0 Å². The molecule has 2 aromatic heterocycles. The molecule has 0 radical (unpaired) electrons. The van der Waals surface area contributed by atoms with E-state index in [-0.39, 0.29) is 0 Å². The van der Waals surface area contributed by atoms with E-state index in [0.717, 1.165) is 25.7 Å². The first-order chi connectivity index (χ1) is 12.3. The number of rotatable bonds is 7. The minimum atomic E-state index is 0.414. The Kier molecular flexibility index (Phi) is 5.68. The summed E-state index contributed by atoms with van der Waals surface area (Å²) in [5.41, 5.74) is 1.76. The summed E-state index contributed by atoms with van der Waals surface area (Å²) < 4.78 is 13.1. The highest BCUT2D eigenvalue weighted by molar-refractivity contribution is 5.79. The summed E-state index contributed by atoms with van der Waals surface area (Å²) >= 11 is 0. The topological polar surface area (TPSA) is 66.2 Å². The Morgan fingerprint density at radius 3 is 2.96 bits per heavy atom. The van der Waals surface area contributed by atoms with E-state index in [4.69, 9.17) is 9.47 Å². The summed E-state index contributed by atoms with van der Waals surface area (Å²) in [5, 5.41) is 4.41. The predicted octanol–water partition coefficient (Wildman–Crippen LogP) is 3.47. The van der Waals surface area contributed by atoms with Crippen molar-refractivity contribution in [3.63, 3.8) is 0 Å². The van der Waals surface area contributed by atoms with Gasteiger partial charge in [-0.2, -0.15) is 5.10 Å². The van der Waals surface area contributed by atoms with Crippen LogP contribution in [0.4, 0.5) is 0 Å². The van der Waals surface area contributed by atoms with Gasteiger partial charge in [0.2, 0.25) is 5.88 Å². The predicted molar refractivity (Wildman–Crippen MR) is 94.3 cm³/mol. The number of pyridine rings is 1. The maximum Gasteiger partial charge on any atom is 0.213 e. The molecule has 0 N–H and O–H groups in total. The average Bonchev–Trinajstić information content (AvgIpc) is 3.15. The van der Waals surface area contributed by atoms with Crippen LogP contribution in [-0.4, -0.2) is 34.8 Å². The van der Waals surface area contributed by atoms with E-state index in [2.05, 4.69) is 27.8 Å². The minimum Gasteiger partial charge on any atom is -0.491 e. The van der Waals surface area contributed by atoms with Crippen LogP contribution in [0.3, 0.4) is 0 Å². The van der Waals surface area contributed by atoms with Crippen molar-refractivity contribution in [2.75, 3.05) is 13.7 Å². The van der Waals surface area contributed by atoms with Crippen LogP contribution in [0.15, 0.2) is 24.5 Å². The van der Waals surface area contributed by atoms with Gasteiger partial charge in [0.05, 0.1) is 25.5 Å². The van der Waals surface area contributed by atoms with Crippen LogP contribution in [-0.2, 0) is 6.54 Å². The molecule has 0 saturated heterocycles. The number of carbonyl (C=O) groups excluding carboxylic acids is 1. The third kappa shape index (κ3) is 3.83. The molecule has 6 heteroatoms. The maximum absolute atomic E-state index is 11.3. The normalized spacial score (nSPS) is 20.2. The maximum atomic E-state index is 11.3. The SMILES string of the molecule is CCn1nccc1C1CCCCC1COc1cnc(OC)cc1C=O. The van der Waals surface area contributed by atoms with Crippen LogP contribution < -0.4 is 9.47 Å². The highest BCUT2D eigenvalue weighted by Gasteiger charge is 2.29. The molecule has 0 bridgehead atoms. The Labute approximate surface area is 148 Å². The summed E-state index contributed by atoms with van der Waals surface area (Å²) in [6.45, 7) is 3.57. The Bertz CT molecular complexity index is 714. The minimum absolute atomic E-state index is 0.414. The second-order valence-corrected chi connectivity index (χ2v) is 6.42. The van der Waals surface area contributed by atoms with Crippen LogP contribution in [0.25, 0.3) is 0 Å². The Hall–Kier alpha value is -2.37. The van der Waals surface area contributed by atoms with E-state index >= 15 is 0 Å². The lowest BCUT2D eigenvalue weighted by atomic mass is 9.78. The molecule has 0 aromatic carbocycles. The number of hydrogen-bond donors (Lipinski definition) is 0. The largest absolute Gasteiger partial charge is 0.491 e. The van der Waals surface area contributed by atoms with Crippen molar-refractivity contribution < 1.29 is 14.3 Å². The van der Waals surface area contributed by atoms with Crippen LogP contribution >= 0.6 is 0 Å². The fourth-order valence-electron chi connectivity index (χ4n) is 3.68. The zero-order valence-electron chi connectivity index (χ0n) is 14.9. The standard InChI is InChI=1S/C19H25N3O3/c1-3-22-17(8-9-21-22)16-7-5-4-6-14(16)13-25-18-11-20-19(24-2)10-15(18)12-23/h8-12,14,16H,3-7,13H2,1-2H3. The van der Waals surface area contributed by atoms with Crippen molar-refractivity contribution in [2.45, 2.75) is 45.1 Å². The first-order valence-electron chi connectivity index (χ1n) is 8.90. The third-order valence-corrected chi connectivity index (χ3v) is 5.00. The third-order valence-electron chi connectivity index (χ3n) is 5.00. The lowest BCUT2D eigenvalue weighted by molar-refractivity contribution is 0.111. The van der Waals surface area contributed by atoms with Gasteiger partial charge in [0.15, 0.2) is 6.29 Å². The molecule has 1 fully saturated rings. The first kappa shape index (κ1) is 17.5. The fourth-order valence-corrected chi connectivity index (χ4v) is 3.68. The van der Waals surface area contributed by atoms with Crippen molar-refractivity contribution in [2.24, 2.45) is 5.92 Å². The molecule has 2 unspecified atom stereocenters. The number of carbonyl (C=O) groups is 1.